The Morgan fingerprint density at radius 3 is 2.52 bits per heavy atom. The van der Waals surface area contributed by atoms with Gasteiger partial charge in [0.2, 0.25) is 0 Å². The molecule has 0 unspecified atom stereocenters. The topological polar surface area (TPSA) is 88.7 Å². The molecule has 4 N–H and O–H groups in total. The SMILES string of the molecule is CCC(CC)(CN=C(N)NCCc1cccs1)NC(=O)OC(C)(C)C. The second-order valence-electron chi connectivity index (χ2n) is 7.07. The van der Waals surface area contributed by atoms with E-state index in [-0.39, 0.29) is 0 Å². The molecule has 0 atom stereocenters. The third kappa shape index (κ3) is 8.25. The fourth-order valence-corrected chi connectivity index (χ4v) is 2.98. The summed E-state index contributed by atoms with van der Waals surface area (Å²) in [6.07, 6.45) is 1.98. The minimum atomic E-state index is -0.525. The van der Waals surface area contributed by atoms with Gasteiger partial charge in [0.05, 0.1) is 12.1 Å². The van der Waals surface area contributed by atoms with Crippen molar-refractivity contribution in [1.29, 1.82) is 0 Å². The van der Waals surface area contributed by atoms with Crippen molar-refractivity contribution in [1.82, 2.24) is 10.6 Å². The zero-order chi connectivity index (χ0) is 18.9. The predicted octanol–water partition coefficient (Wildman–Crippen LogP) is 3.28. The summed E-state index contributed by atoms with van der Waals surface area (Å²) < 4.78 is 5.37. The number of alkyl carbamates (subject to hydrolysis) is 1. The van der Waals surface area contributed by atoms with Crippen LogP contribution in [-0.4, -0.2) is 36.3 Å². The maximum Gasteiger partial charge on any atom is 0.408 e. The Kier molecular flexibility index (Phi) is 8.22. The molecule has 142 valence electrons. The van der Waals surface area contributed by atoms with Gasteiger partial charge in [-0.1, -0.05) is 19.9 Å². The highest BCUT2D eigenvalue weighted by Gasteiger charge is 2.30. The predicted molar refractivity (Wildman–Crippen MR) is 105 cm³/mol. The van der Waals surface area contributed by atoms with Gasteiger partial charge in [0, 0.05) is 11.4 Å². The smallest absolute Gasteiger partial charge is 0.408 e. The van der Waals surface area contributed by atoms with Gasteiger partial charge in [-0.25, -0.2) is 4.79 Å². The van der Waals surface area contributed by atoms with Gasteiger partial charge in [0.1, 0.15) is 5.60 Å². The number of hydrogen-bond donors (Lipinski definition) is 3. The van der Waals surface area contributed by atoms with E-state index in [1.807, 2.05) is 40.7 Å². The molecule has 6 nitrogen and oxygen atoms in total. The van der Waals surface area contributed by atoms with Crippen LogP contribution in [0.15, 0.2) is 22.5 Å². The first-order valence-corrected chi connectivity index (χ1v) is 9.65. The molecule has 0 bridgehead atoms. The number of guanidine groups is 1. The largest absolute Gasteiger partial charge is 0.444 e. The fourth-order valence-electron chi connectivity index (χ4n) is 2.27. The molecule has 25 heavy (non-hydrogen) atoms. The Hall–Kier alpha value is -1.76. The van der Waals surface area contributed by atoms with Crippen LogP contribution in [0.4, 0.5) is 4.79 Å². The lowest BCUT2D eigenvalue weighted by Crippen LogP contribution is -2.52. The lowest BCUT2D eigenvalue weighted by molar-refractivity contribution is 0.0452. The van der Waals surface area contributed by atoms with Crippen molar-refractivity contribution in [2.75, 3.05) is 13.1 Å². The molecule has 1 rings (SSSR count). The number of nitrogens with one attached hydrogen (secondary N) is 2. The molecule has 1 aromatic heterocycles. The van der Waals surface area contributed by atoms with Gasteiger partial charge in [-0.2, -0.15) is 0 Å². The molecule has 0 saturated heterocycles. The number of nitrogens with two attached hydrogens (primary N) is 1. The van der Waals surface area contributed by atoms with Gasteiger partial charge in [-0.15, -0.1) is 11.3 Å². The summed E-state index contributed by atoms with van der Waals surface area (Å²) in [5, 5.41) is 8.16. The number of rotatable bonds is 8. The Bertz CT molecular complexity index is 546. The van der Waals surface area contributed by atoms with Crippen molar-refractivity contribution >= 4 is 23.4 Å². The molecule has 0 spiro atoms. The van der Waals surface area contributed by atoms with E-state index in [0.29, 0.717) is 12.5 Å². The molecule has 0 aliphatic carbocycles. The molecular formula is C18H32N4O2S. The minimum absolute atomic E-state index is 0.397. The number of amides is 1. The lowest BCUT2D eigenvalue weighted by atomic mass is 9.93. The van der Waals surface area contributed by atoms with Gasteiger partial charge in [0.15, 0.2) is 5.96 Å². The summed E-state index contributed by atoms with van der Waals surface area (Å²) in [6.45, 7) is 10.7. The fraction of sp³-hybridized carbons (Fsp3) is 0.667. The van der Waals surface area contributed by atoms with E-state index < -0.39 is 17.2 Å². The number of nitrogens with zero attached hydrogens (tertiary/aromatic N) is 1. The van der Waals surface area contributed by atoms with Crippen molar-refractivity contribution in [2.45, 2.75) is 65.0 Å². The third-order valence-corrected chi connectivity index (χ3v) is 4.87. The first-order valence-electron chi connectivity index (χ1n) is 8.77. The van der Waals surface area contributed by atoms with Gasteiger partial charge in [-0.05, 0) is 51.5 Å². The van der Waals surface area contributed by atoms with Crippen molar-refractivity contribution in [2.24, 2.45) is 10.7 Å². The average Bonchev–Trinajstić information content (AvgIpc) is 3.03. The Balaban J connectivity index is 2.55. The number of carbonyl (C=O) groups excluding carboxylic acids is 1. The van der Waals surface area contributed by atoms with Crippen LogP contribution in [0, 0.1) is 0 Å². The first kappa shape index (κ1) is 21.3. The van der Waals surface area contributed by atoms with E-state index in [1.54, 1.807) is 11.3 Å². The number of aliphatic imine (C=N–C) groups is 1. The number of hydrogen-bond acceptors (Lipinski definition) is 4. The van der Waals surface area contributed by atoms with Crippen LogP contribution in [0.25, 0.3) is 0 Å². The summed E-state index contributed by atoms with van der Waals surface area (Å²) in [5.74, 6) is 0.397. The normalized spacial score (nSPS) is 12.8. The number of thiophene rings is 1. The Morgan fingerprint density at radius 2 is 2.00 bits per heavy atom. The zero-order valence-corrected chi connectivity index (χ0v) is 16.8. The van der Waals surface area contributed by atoms with Crippen molar-refractivity contribution in [3.63, 3.8) is 0 Å². The van der Waals surface area contributed by atoms with Crippen LogP contribution >= 0.6 is 11.3 Å². The summed E-state index contributed by atoms with van der Waals surface area (Å²) in [7, 11) is 0. The summed E-state index contributed by atoms with van der Waals surface area (Å²) in [6, 6.07) is 4.14. The quantitative estimate of drug-likeness (QED) is 0.485. The highest BCUT2D eigenvalue weighted by molar-refractivity contribution is 7.09. The van der Waals surface area contributed by atoms with E-state index in [2.05, 4.69) is 27.1 Å². The second kappa shape index (κ2) is 9.65. The highest BCUT2D eigenvalue weighted by Crippen LogP contribution is 2.17. The van der Waals surface area contributed by atoms with Crippen LogP contribution in [0.2, 0.25) is 0 Å². The van der Waals surface area contributed by atoms with E-state index in [4.69, 9.17) is 10.5 Å². The van der Waals surface area contributed by atoms with E-state index in [0.717, 1.165) is 25.8 Å². The van der Waals surface area contributed by atoms with Crippen LogP contribution in [-0.2, 0) is 11.2 Å². The van der Waals surface area contributed by atoms with Crippen molar-refractivity contribution in [3.8, 4) is 0 Å². The van der Waals surface area contributed by atoms with Crippen LogP contribution in [0.3, 0.4) is 0 Å². The summed E-state index contributed by atoms with van der Waals surface area (Å²) >= 11 is 1.73. The molecular weight excluding hydrogens is 336 g/mol. The lowest BCUT2D eigenvalue weighted by Gasteiger charge is -2.32. The monoisotopic (exact) mass is 368 g/mol. The number of carbonyl (C=O) groups is 1. The van der Waals surface area contributed by atoms with Crippen molar-refractivity contribution in [3.05, 3.63) is 22.4 Å². The van der Waals surface area contributed by atoms with Crippen LogP contribution in [0.5, 0.6) is 0 Å². The van der Waals surface area contributed by atoms with Gasteiger partial charge < -0.3 is 21.1 Å². The summed E-state index contributed by atoms with van der Waals surface area (Å²) in [5.41, 5.74) is 4.98. The molecule has 1 amide bonds. The van der Waals surface area contributed by atoms with Crippen molar-refractivity contribution < 1.29 is 9.53 Å². The maximum atomic E-state index is 12.1. The molecule has 0 saturated carbocycles. The zero-order valence-electron chi connectivity index (χ0n) is 16.0. The Morgan fingerprint density at radius 1 is 1.32 bits per heavy atom. The highest BCUT2D eigenvalue weighted by atomic mass is 32.1. The van der Waals surface area contributed by atoms with Crippen LogP contribution in [0.1, 0.15) is 52.3 Å². The first-order chi connectivity index (χ1) is 11.7. The third-order valence-electron chi connectivity index (χ3n) is 3.93. The Labute approximate surface area is 155 Å². The molecule has 0 fully saturated rings. The molecule has 0 aliphatic rings. The van der Waals surface area contributed by atoms with E-state index in [9.17, 15) is 4.79 Å². The minimum Gasteiger partial charge on any atom is -0.444 e. The molecule has 0 radical (unpaired) electrons. The maximum absolute atomic E-state index is 12.1. The van der Waals surface area contributed by atoms with Crippen LogP contribution < -0.4 is 16.4 Å². The van der Waals surface area contributed by atoms with E-state index in [1.165, 1.54) is 4.88 Å². The van der Waals surface area contributed by atoms with Gasteiger partial charge in [0.25, 0.3) is 0 Å². The molecule has 1 heterocycles. The second-order valence-corrected chi connectivity index (χ2v) is 8.10. The molecule has 1 aromatic rings. The number of ether oxygens (including phenoxy) is 1. The molecule has 7 heteroatoms. The summed E-state index contributed by atoms with van der Waals surface area (Å²) in [4.78, 5) is 17.8. The molecule has 0 aliphatic heterocycles. The molecule has 0 aromatic carbocycles. The average molecular weight is 369 g/mol. The van der Waals surface area contributed by atoms with Gasteiger partial charge >= 0.3 is 6.09 Å². The van der Waals surface area contributed by atoms with E-state index >= 15 is 0 Å². The van der Waals surface area contributed by atoms with Gasteiger partial charge in [-0.3, -0.25) is 4.99 Å². The standard InChI is InChI=1S/C18H32N4O2S/c1-6-18(7-2,22-16(23)24-17(3,4)5)13-21-15(19)20-11-10-14-9-8-12-25-14/h8-9,12H,6-7,10-11,13H2,1-5H3,(H,22,23)(H3,19,20,21).